The largest absolute Gasteiger partial charge is 0.494 e. The highest BCUT2D eigenvalue weighted by Crippen LogP contribution is 2.45. The topological polar surface area (TPSA) is 111 Å². The molecule has 0 radical (unpaired) electrons. The Morgan fingerprint density at radius 1 is 0.978 bits per heavy atom. The molecule has 0 saturated carbocycles. The molecule has 0 bridgehead atoms. The van der Waals surface area contributed by atoms with Gasteiger partial charge in [-0.05, 0) is 71.8 Å². The number of aliphatic imine (C=N–C) groups is 1. The molecule has 4 aromatic carbocycles. The molecule has 3 N–H and O–H groups in total. The van der Waals surface area contributed by atoms with Gasteiger partial charge in [-0.3, -0.25) is 10.2 Å². The fourth-order valence-electron chi connectivity index (χ4n) is 5.27. The van der Waals surface area contributed by atoms with E-state index in [0.717, 1.165) is 15.6 Å². The number of carbonyl (C=O) groups excluding carboxylic acids is 1. The van der Waals surface area contributed by atoms with E-state index in [9.17, 15) is 4.79 Å². The van der Waals surface area contributed by atoms with Crippen LogP contribution >= 0.6 is 39.1 Å². The number of hydrazine groups is 1. The second-order valence-electron chi connectivity index (χ2n) is 10.8. The summed E-state index contributed by atoms with van der Waals surface area (Å²) >= 11 is 16.5. The van der Waals surface area contributed by atoms with E-state index >= 15 is 0 Å². The van der Waals surface area contributed by atoms with E-state index in [1.807, 2.05) is 54.6 Å². The van der Waals surface area contributed by atoms with Gasteiger partial charge in [-0.15, -0.1) is 0 Å². The molecule has 238 valence electrons. The molecular formula is C34H30BrCl2N3O6. The van der Waals surface area contributed by atoms with Crippen LogP contribution in [0.25, 0.3) is 0 Å². The Hall–Kier alpha value is -3.80. The maximum atomic E-state index is 14.4. The van der Waals surface area contributed by atoms with Crippen LogP contribution in [-0.4, -0.2) is 42.5 Å². The highest BCUT2D eigenvalue weighted by molar-refractivity contribution is 9.10. The van der Waals surface area contributed by atoms with E-state index in [1.165, 1.54) is 0 Å². The van der Waals surface area contributed by atoms with Crippen LogP contribution < -0.4 is 25.1 Å². The molecule has 1 amide bonds. The summed E-state index contributed by atoms with van der Waals surface area (Å²) in [5, 5.41) is 9.87. The van der Waals surface area contributed by atoms with Crippen LogP contribution in [0.2, 0.25) is 10.0 Å². The number of hydrogen-bond acceptors (Lipinski definition) is 8. The average Bonchev–Trinajstić information content (AvgIpc) is 3.68. The van der Waals surface area contributed by atoms with E-state index in [-0.39, 0.29) is 25.7 Å². The molecular weight excluding hydrogens is 697 g/mol. The summed E-state index contributed by atoms with van der Waals surface area (Å²) in [4.78, 5) is 19.5. The van der Waals surface area contributed by atoms with Crippen molar-refractivity contribution in [3.8, 4) is 17.2 Å². The van der Waals surface area contributed by atoms with Gasteiger partial charge in [-0.1, -0.05) is 63.4 Å². The molecule has 0 aromatic heterocycles. The summed E-state index contributed by atoms with van der Waals surface area (Å²) in [5.74, 6) is 1.84. The molecule has 2 heterocycles. The van der Waals surface area contributed by atoms with Gasteiger partial charge in [0.05, 0.1) is 6.61 Å². The number of aliphatic hydroxyl groups excluding tert-OH is 1. The lowest BCUT2D eigenvalue weighted by Gasteiger charge is -2.31. The Morgan fingerprint density at radius 3 is 2.50 bits per heavy atom. The van der Waals surface area contributed by atoms with Crippen molar-refractivity contribution in [2.75, 3.05) is 20.0 Å². The molecule has 0 saturated heterocycles. The molecule has 2 aliphatic rings. The molecule has 2 atom stereocenters. The van der Waals surface area contributed by atoms with Crippen LogP contribution in [0.1, 0.15) is 34.8 Å². The normalized spacial score (nSPS) is 18.2. The highest BCUT2D eigenvalue weighted by atomic mass is 79.9. The zero-order valence-corrected chi connectivity index (χ0v) is 27.6. The number of benzene rings is 4. The predicted octanol–water partition coefficient (Wildman–Crippen LogP) is 6.57. The molecule has 0 unspecified atom stereocenters. The Morgan fingerprint density at radius 2 is 1.74 bits per heavy atom. The Labute approximate surface area is 284 Å². The zero-order chi connectivity index (χ0) is 32.1. The van der Waals surface area contributed by atoms with Gasteiger partial charge < -0.3 is 24.1 Å². The molecule has 0 fully saturated rings. The van der Waals surface area contributed by atoms with Gasteiger partial charge in [-0.2, -0.15) is 0 Å². The highest BCUT2D eigenvalue weighted by Gasteiger charge is 2.54. The van der Waals surface area contributed by atoms with E-state index in [0.29, 0.717) is 58.0 Å². The second-order valence-corrected chi connectivity index (χ2v) is 12.5. The zero-order valence-electron chi connectivity index (χ0n) is 24.5. The lowest BCUT2D eigenvalue weighted by Crippen LogP contribution is -2.53. The fourth-order valence-corrected chi connectivity index (χ4v) is 6.04. The molecule has 12 heteroatoms. The molecule has 2 aliphatic heterocycles. The van der Waals surface area contributed by atoms with Gasteiger partial charge in [0.1, 0.15) is 5.75 Å². The van der Waals surface area contributed by atoms with E-state index in [2.05, 4.69) is 26.8 Å². The summed E-state index contributed by atoms with van der Waals surface area (Å²) in [6.45, 7) is 0.930. The summed E-state index contributed by atoms with van der Waals surface area (Å²) in [5.41, 5.74) is 7.44. The van der Waals surface area contributed by atoms with Crippen LogP contribution in [0.15, 0.2) is 94.4 Å². The first-order chi connectivity index (χ1) is 22.3. The van der Waals surface area contributed by atoms with Crippen molar-refractivity contribution in [2.45, 2.75) is 31.0 Å². The van der Waals surface area contributed by atoms with Crippen molar-refractivity contribution in [1.82, 2.24) is 10.9 Å². The van der Waals surface area contributed by atoms with Gasteiger partial charge in [0.25, 0.3) is 5.91 Å². The van der Waals surface area contributed by atoms with Gasteiger partial charge in [0.2, 0.25) is 12.7 Å². The minimum Gasteiger partial charge on any atom is -0.494 e. The number of hydrogen-bond donors (Lipinski definition) is 3. The Bertz CT molecular complexity index is 1740. The summed E-state index contributed by atoms with van der Waals surface area (Å²) < 4.78 is 24.1. The number of carbonyl (C=O) groups is 1. The smallest absolute Gasteiger partial charge is 0.266 e. The quantitative estimate of drug-likeness (QED) is 0.112. The van der Waals surface area contributed by atoms with E-state index < -0.39 is 17.6 Å². The van der Waals surface area contributed by atoms with Crippen LogP contribution in [-0.2, 0) is 22.5 Å². The van der Waals surface area contributed by atoms with Crippen LogP contribution in [0.4, 0.5) is 0 Å². The van der Waals surface area contributed by atoms with Crippen molar-refractivity contribution in [2.24, 2.45) is 4.99 Å². The summed E-state index contributed by atoms with van der Waals surface area (Å²) in [6, 6.07) is 25.6. The molecule has 9 nitrogen and oxygen atoms in total. The number of ether oxygens (including phenoxy) is 4. The van der Waals surface area contributed by atoms with Gasteiger partial charge >= 0.3 is 0 Å². The standard InChI is InChI=1S/C34H30BrCl2N3O6/c35-24-7-2-21(3-8-24)18-34(33(42)40-38-19-22-4-13-29-30(16-22)45-20-44-29)31(27-12-9-25(36)17-28(27)37)46-32(39-34)23-5-10-26(11-6-23)43-15-1-14-41/h2-13,16-17,31,38,41H,1,14-15,18-20H2,(H,40,42)/t31-,34-/m0/s1. The average molecular weight is 727 g/mol. The van der Waals surface area contributed by atoms with Crippen molar-refractivity contribution >= 4 is 50.9 Å². The SMILES string of the molecule is O=C(NNCc1ccc2c(c1)OCO2)[C@@]1(Cc2ccc(Br)cc2)N=C(c2ccc(OCCCO)cc2)O[C@H]1c1ccc(Cl)cc1Cl. The van der Waals surface area contributed by atoms with Crippen molar-refractivity contribution in [1.29, 1.82) is 0 Å². The second kappa shape index (κ2) is 14.3. The number of rotatable bonds is 12. The number of fused-ring (bicyclic) bond motifs is 1. The number of nitrogens with zero attached hydrogens (tertiary/aromatic N) is 1. The molecule has 4 aromatic rings. The third-order valence-corrected chi connectivity index (χ3v) is 8.68. The van der Waals surface area contributed by atoms with Crippen molar-refractivity contribution in [3.63, 3.8) is 0 Å². The first-order valence-electron chi connectivity index (χ1n) is 14.6. The lowest BCUT2D eigenvalue weighted by atomic mass is 9.82. The first-order valence-corrected chi connectivity index (χ1v) is 16.1. The fraction of sp³-hybridized carbons (Fsp3) is 0.235. The van der Waals surface area contributed by atoms with Gasteiger partial charge in [0, 0.05) is 51.6 Å². The van der Waals surface area contributed by atoms with Crippen LogP contribution in [0.3, 0.4) is 0 Å². The van der Waals surface area contributed by atoms with Crippen molar-refractivity contribution < 1.29 is 28.8 Å². The first kappa shape index (κ1) is 32.2. The molecule has 46 heavy (non-hydrogen) atoms. The third kappa shape index (κ3) is 7.11. The molecule has 0 spiro atoms. The predicted molar refractivity (Wildman–Crippen MR) is 179 cm³/mol. The lowest BCUT2D eigenvalue weighted by molar-refractivity contribution is -0.130. The van der Waals surface area contributed by atoms with Gasteiger partial charge in [0.15, 0.2) is 23.1 Å². The summed E-state index contributed by atoms with van der Waals surface area (Å²) in [7, 11) is 0. The van der Waals surface area contributed by atoms with Crippen LogP contribution in [0.5, 0.6) is 17.2 Å². The monoisotopic (exact) mass is 725 g/mol. The third-order valence-electron chi connectivity index (χ3n) is 7.59. The van der Waals surface area contributed by atoms with E-state index in [1.54, 1.807) is 30.3 Å². The number of aliphatic hydroxyl groups is 1. The number of halogens is 3. The Kier molecular flexibility index (Phi) is 10.0. The molecule has 6 rings (SSSR count). The van der Waals surface area contributed by atoms with Crippen molar-refractivity contribution in [3.05, 3.63) is 122 Å². The maximum Gasteiger partial charge on any atom is 0.266 e. The van der Waals surface area contributed by atoms with Gasteiger partial charge in [-0.25, -0.2) is 10.4 Å². The maximum absolute atomic E-state index is 14.4. The van der Waals surface area contributed by atoms with E-state index in [4.69, 9.17) is 52.2 Å². The molecule has 0 aliphatic carbocycles. The number of amides is 1. The number of nitrogens with one attached hydrogen (secondary N) is 2. The Balaban J connectivity index is 1.35. The summed E-state index contributed by atoms with van der Waals surface area (Å²) in [6.07, 6.45) is -0.172. The van der Waals surface area contributed by atoms with Crippen LogP contribution in [0, 0.1) is 0 Å². The minimum atomic E-state index is -1.47. The minimum absolute atomic E-state index is 0.0471.